The van der Waals surface area contributed by atoms with Gasteiger partial charge in [-0.3, -0.25) is 4.79 Å². The lowest BCUT2D eigenvalue weighted by Crippen LogP contribution is -2.43. The minimum Gasteiger partial charge on any atom is -0.453 e. The standard InChI is InChI=1S/C36H37N7O5/c1-48-36(47)42-32(25-5-3-2-4-6-25)35(46)43-20-27(45)16-31(43)34-39-19-30(41-34)24-13-9-22(10-14-24)21-7-11-23(12-8-21)29-18-38-33(40-29)28-15-26(44)17-37-28/h2-14,18-19,26-28,31-32,37,44-45H,15-17,20H2,1H3,(H,38,40)(H,39,41)(H,42,47)/t26-,27-,28+,31+,32-/m1/s1. The fourth-order valence-electron chi connectivity index (χ4n) is 6.52. The monoisotopic (exact) mass is 647 g/mol. The number of likely N-dealkylation sites (tertiary alicyclic amines) is 1. The van der Waals surface area contributed by atoms with Crippen LogP contribution in [0.2, 0.25) is 0 Å². The maximum absolute atomic E-state index is 13.8. The predicted molar refractivity (Wildman–Crippen MR) is 178 cm³/mol. The van der Waals surface area contributed by atoms with Crippen LogP contribution in [-0.4, -0.2) is 79.5 Å². The van der Waals surface area contributed by atoms with Gasteiger partial charge in [-0.05, 0) is 34.2 Å². The first-order valence-electron chi connectivity index (χ1n) is 16.0. The first-order chi connectivity index (χ1) is 23.4. The number of aromatic nitrogens is 4. The lowest BCUT2D eigenvalue weighted by Gasteiger charge is -2.28. The number of nitrogens with one attached hydrogen (secondary N) is 4. The van der Waals surface area contributed by atoms with Crippen LogP contribution >= 0.6 is 0 Å². The van der Waals surface area contributed by atoms with Crippen LogP contribution in [-0.2, 0) is 9.53 Å². The van der Waals surface area contributed by atoms with Gasteiger partial charge in [0.1, 0.15) is 17.7 Å². The highest BCUT2D eigenvalue weighted by molar-refractivity contribution is 5.87. The van der Waals surface area contributed by atoms with Gasteiger partial charge in [0.2, 0.25) is 0 Å². The van der Waals surface area contributed by atoms with E-state index in [4.69, 9.17) is 4.74 Å². The number of carbonyl (C=O) groups excluding carboxylic acids is 2. The summed E-state index contributed by atoms with van der Waals surface area (Å²) in [6, 6.07) is 23.9. The molecule has 48 heavy (non-hydrogen) atoms. The molecule has 0 spiro atoms. The molecule has 2 aliphatic heterocycles. The summed E-state index contributed by atoms with van der Waals surface area (Å²) < 4.78 is 4.78. The van der Waals surface area contributed by atoms with E-state index in [1.807, 2.05) is 36.5 Å². The number of benzene rings is 3. The molecule has 2 aliphatic rings. The largest absolute Gasteiger partial charge is 0.453 e. The Bertz CT molecular complexity index is 1870. The normalized spacial score (nSPS) is 21.3. The predicted octanol–water partition coefficient (Wildman–Crippen LogP) is 4.26. The van der Waals surface area contributed by atoms with Crippen LogP contribution in [0.15, 0.2) is 91.3 Å². The number of alkyl carbamates (subject to hydrolysis) is 1. The van der Waals surface area contributed by atoms with Crippen LogP contribution in [0.3, 0.4) is 0 Å². The van der Waals surface area contributed by atoms with Crippen LogP contribution < -0.4 is 10.6 Å². The molecular weight excluding hydrogens is 610 g/mol. The maximum Gasteiger partial charge on any atom is 0.407 e. The SMILES string of the molecule is COC(=O)N[C@@H](C(=O)N1C[C@H](O)C[C@H]1c1ncc(-c2ccc(-c3ccc(-c4cnc([C@@H]5C[C@@H](O)CN5)[nH]4)cc3)cc2)[nH]1)c1ccccc1. The van der Waals surface area contributed by atoms with Gasteiger partial charge in [-0.15, -0.1) is 0 Å². The Morgan fingerprint density at radius 1 is 0.812 bits per heavy atom. The molecule has 4 heterocycles. The Morgan fingerprint density at radius 2 is 1.40 bits per heavy atom. The molecule has 0 aliphatic carbocycles. The van der Waals surface area contributed by atoms with Crippen LogP contribution in [0.1, 0.15) is 48.2 Å². The molecule has 7 rings (SSSR count). The van der Waals surface area contributed by atoms with Crippen molar-refractivity contribution in [2.75, 3.05) is 20.2 Å². The van der Waals surface area contributed by atoms with E-state index in [1.165, 1.54) is 7.11 Å². The molecule has 3 aromatic carbocycles. The molecule has 5 aromatic rings. The first-order valence-corrected chi connectivity index (χ1v) is 16.0. The summed E-state index contributed by atoms with van der Waals surface area (Å²) in [5.41, 5.74) is 6.40. The Hall–Kier alpha value is -5.30. The number of imidazole rings is 2. The molecule has 12 nitrogen and oxygen atoms in total. The zero-order chi connectivity index (χ0) is 33.2. The second-order valence-corrected chi connectivity index (χ2v) is 12.2. The zero-order valence-electron chi connectivity index (χ0n) is 26.3. The average Bonchev–Trinajstić information content (AvgIpc) is 3.94. The van der Waals surface area contributed by atoms with Gasteiger partial charge in [0.25, 0.3) is 5.91 Å². The van der Waals surface area contributed by atoms with Gasteiger partial charge in [0.15, 0.2) is 0 Å². The molecule has 5 atom stereocenters. The molecule has 2 aromatic heterocycles. The van der Waals surface area contributed by atoms with Gasteiger partial charge >= 0.3 is 6.09 Å². The number of β-amino-alcohol motifs (C(OH)–C–C–N with tert-alkyl or cyclic N) is 2. The third-order valence-corrected chi connectivity index (χ3v) is 9.06. The molecule has 0 radical (unpaired) electrons. The minimum absolute atomic E-state index is 0.0333. The fourth-order valence-corrected chi connectivity index (χ4v) is 6.52. The van der Waals surface area contributed by atoms with Crippen molar-refractivity contribution in [1.29, 1.82) is 0 Å². The molecule has 2 amide bonds. The zero-order valence-corrected chi connectivity index (χ0v) is 26.3. The Labute approximate surface area is 277 Å². The van der Waals surface area contributed by atoms with Crippen molar-refractivity contribution in [3.63, 3.8) is 0 Å². The van der Waals surface area contributed by atoms with E-state index in [1.54, 1.807) is 35.4 Å². The van der Waals surface area contributed by atoms with Crippen molar-refractivity contribution in [3.8, 4) is 33.6 Å². The van der Waals surface area contributed by atoms with E-state index in [0.717, 1.165) is 39.5 Å². The lowest BCUT2D eigenvalue weighted by atomic mass is 10.0. The highest BCUT2D eigenvalue weighted by Crippen LogP contribution is 2.35. The summed E-state index contributed by atoms with van der Waals surface area (Å²) in [4.78, 5) is 43.4. The summed E-state index contributed by atoms with van der Waals surface area (Å²) in [5.74, 6) is 1.03. The molecule has 2 fully saturated rings. The number of hydrogen-bond acceptors (Lipinski definition) is 8. The lowest BCUT2D eigenvalue weighted by molar-refractivity contribution is -0.135. The second kappa shape index (κ2) is 13.4. The van der Waals surface area contributed by atoms with Crippen molar-refractivity contribution in [1.82, 2.24) is 35.5 Å². The molecule has 246 valence electrons. The number of H-pyrrole nitrogens is 2. The van der Waals surface area contributed by atoms with E-state index in [0.29, 0.717) is 30.8 Å². The van der Waals surface area contributed by atoms with Gasteiger partial charge in [-0.25, -0.2) is 14.8 Å². The van der Waals surface area contributed by atoms with Gasteiger partial charge in [0, 0.05) is 19.5 Å². The molecule has 6 N–H and O–H groups in total. The first kappa shape index (κ1) is 31.3. The van der Waals surface area contributed by atoms with E-state index in [2.05, 4.69) is 54.8 Å². The van der Waals surface area contributed by atoms with Gasteiger partial charge in [-0.1, -0.05) is 78.9 Å². The van der Waals surface area contributed by atoms with Crippen LogP contribution in [0.4, 0.5) is 4.79 Å². The Morgan fingerprint density at radius 3 is 1.98 bits per heavy atom. The molecule has 0 bridgehead atoms. The number of hydrogen-bond donors (Lipinski definition) is 6. The number of aromatic amines is 2. The molecule has 0 saturated carbocycles. The summed E-state index contributed by atoms with van der Waals surface area (Å²) in [5, 5.41) is 26.3. The number of aliphatic hydroxyl groups is 2. The number of methoxy groups -OCH3 is 1. The third-order valence-electron chi connectivity index (χ3n) is 9.06. The smallest absolute Gasteiger partial charge is 0.407 e. The van der Waals surface area contributed by atoms with Crippen LogP contribution in [0.5, 0.6) is 0 Å². The number of ether oxygens (including phenoxy) is 1. The highest BCUT2D eigenvalue weighted by atomic mass is 16.5. The Balaban J connectivity index is 1.05. The maximum atomic E-state index is 13.8. The van der Waals surface area contributed by atoms with E-state index in [-0.39, 0.29) is 24.6 Å². The molecule has 12 heteroatoms. The minimum atomic E-state index is -0.983. The summed E-state index contributed by atoms with van der Waals surface area (Å²) in [6.45, 7) is 0.690. The van der Waals surface area contributed by atoms with Crippen molar-refractivity contribution >= 4 is 12.0 Å². The molecular formula is C36H37N7O5. The Kier molecular flexibility index (Phi) is 8.76. The topological polar surface area (TPSA) is 168 Å². The molecule has 0 unspecified atom stereocenters. The summed E-state index contributed by atoms with van der Waals surface area (Å²) in [7, 11) is 1.25. The fraction of sp³-hybridized carbons (Fsp3) is 0.278. The van der Waals surface area contributed by atoms with Crippen molar-refractivity contribution in [2.45, 2.75) is 43.2 Å². The summed E-state index contributed by atoms with van der Waals surface area (Å²) >= 11 is 0. The number of rotatable bonds is 8. The van der Waals surface area contributed by atoms with Crippen LogP contribution in [0, 0.1) is 0 Å². The highest BCUT2D eigenvalue weighted by Gasteiger charge is 2.40. The summed E-state index contributed by atoms with van der Waals surface area (Å²) in [6.07, 6.45) is 2.72. The third kappa shape index (κ3) is 6.45. The van der Waals surface area contributed by atoms with E-state index in [9.17, 15) is 19.8 Å². The van der Waals surface area contributed by atoms with Crippen molar-refractivity contribution < 1.29 is 24.5 Å². The quantitative estimate of drug-likeness (QED) is 0.145. The van der Waals surface area contributed by atoms with E-state index >= 15 is 0 Å². The van der Waals surface area contributed by atoms with Crippen molar-refractivity contribution in [3.05, 3.63) is 108 Å². The van der Waals surface area contributed by atoms with E-state index < -0.39 is 24.3 Å². The van der Waals surface area contributed by atoms with Gasteiger partial charge in [-0.2, -0.15) is 0 Å². The number of carbonyl (C=O) groups is 2. The number of nitrogens with zero attached hydrogens (tertiary/aromatic N) is 3. The van der Waals surface area contributed by atoms with Gasteiger partial charge < -0.3 is 40.5 Å². The number of amides is 2. The number of aliphatic hydroxyl groups excluding tert-OH is 2. The second-order valence-electron chi connectivity index (χ2n) is 12.2. The molecule has 2 saturated heterocycles. The van der Waals surface area contributed by atoms with Crippen LogP contribution in [0.25, 0.3) is 33.6 Å². The average molecular weight is 648 g/mol. The van der Waals surface area contributed by atoms with Crippen molar-refractivity contribution in [2.24, 2.45) is 0 Å². The van der Waals surface area contributed by atoms with Gasteiger partial charge in [0.05, 0.1) is 55.2 Å².